The van der Waals surface area contributed by atoms with Crippen molar-refractivity contribution in [3.05, 3.63) is 78.0 Å². The third-order valence-electron chi connectivity index (χ3n) is 4.83. The summed E-state index contributed by atoms with van der Waals surface area (Å²) in [6.45, 7) is 0.611. The normalized spacial score (nSPS) is 11.0. The zero-order valence-corrected chi connectivity index (χ0v) is 19.8. The van der Waals surface area contributed by atoms with Gasteiger partial charge in [-0.05, 0) is 29.3 Å². The van der Waals surface area contributed by atoms with Crippen LogP contribution < -0.4 is 24.2 Å². The molecule has 3 rings (SSSR count). The lowest BCUT2D eigenvalue weighted by Gasteiger charge is -2.11. The van der Waals surface area contributed by atoms with Gasteiger partial charge in [-0.3, -0.25) is 4.79 Å². The monoisotopic (exact) mass is 485 g/mol. The van der Waals surface area contributed by atoms with Crippen molar-refractivity contribution in [1.29, 1.82) is 0 Å². The van der Waals surface area contributed by atoms with E-state index in [0.29, 0.717) is 24.0 Å². The van der Waals surface area contributed by atoms with E-state index >= 15 is 0 Å². The van der Waals surface area contributed by atoms with Crippen molar-refractivity contribution >= 4 is 15.9 Å². The number of hydrogen-bond donors (Lipinski definition) is 2. The van der Waals surface area contributed by atoms with Crippen LogP contribution in [0.25, 0.3) is 0 Å². The van der Waals surface area contributed by atoms with E-state index in [1.54, 1.807) is 18.3 Å². The molecule has 180 valence electrons. The number of sulfonamides is 1. The fraction of sp³-hybridized carbons (Fsp3) is 0.250. The molecule has 0 aliphatic carbocycles. The van der Waals surface area contributed by atoms with Crippen molar-refractivity contribution in [1.82, 2.24) is 15.0 Å². The average molecular weight is 486 g/mol. The number of hydrogen-bond acceptors (Lipinski definition) is 7. The Hall–Kier alpha value is -3.63. The Morgan fingerprint density at radius 1 is 0.941 bits per heavy atom. The molecule has 2 aromatic carbocycles. The highest BCUT2D eigenvalue weighted by molar-refractivity contribution is 7.89. The van der Waals surface area contributed by atoms with Gasteiger partial charge in [-0.25, -0.2) is 18.1 Å². The molecule has 1 heterocycles. The van der Waals surface area contributed by atoms with Gasteiger partial charge in [0.25, 0.3) is 0 Å². The first-order chi connectivity index (χ1) is 16.4. The molecule has 0 atom stereocenters. The highest BCUT2D eigenvalue weighted by Gasteiger charge is 2.17. The summed E-state index contributed by atoms with van der Waals surface area (Å²) in [6.07, 6.45) is 1.59. The van der Waals surface area contributed by atoms with Crippen LogP contribution >= 0.6 is 0 Å². The number of carbonyl (C=O) groups is 1. The number of aromatic nitrogens is 1. The maximum Gasteiger partial charge on any atom is 0.240 e. The van der Waals surface area contributed by atoms with Crippen LogP contribution in [0.5, 0.6) is 17.4 Å². The van der Waals surface area contributed by atoms with Crippen molar-refractivity contribution in [2.75, 3.05) is 20.8 Å². The maximum absolute atomic E-state index is 12.5. The van der Waals surface area contributed by atoms with E-state index in [0.717, 1.165) is 11.1 Å². The molecule has 0 aliphatic rings. The van der Waals surface area contributed by atoms with Crippen molar-refractivity contribution in [3.8, 4) is 17.4 Å². The number of nitrogens with zero attached hydrogens (tertiary/aromatic N) is 1. The number of pyridine rings is 1. The van der Waals surface area contributed by atoms with Gasteiger partial charge in [0.2, 0.25) is 21.8 Å². The minimum Gasteiger partial charge on any atom is -0.493 e. The third-order valence-corrected chi connectivity index (χ3v) is 6.29. The molecule has 0 radical (unpaired) electrons. The molecule has 0 fully saturated rings. The lowest BCUT2D eigenvalue weighted by molar-refractivity contribution is -0.121. The number of methoxy groups -OCH3 is 2. The Balaban J connectivity index is 1.45. The van der Waals surface area contributed by atoms with Gasteiger partial charge in [0.05, 0.1) is 19.1 Å². The molecule has 2 N–H and O–H groups in total. The second-order valence-corrected chi connectivity index (χ2v) is 8.98. The molecule has 0 unspecified atom stereocenters. The summed E-state index contributed by atoms with van der Waals surface area (Å²) in [5, 5.41) is 2.77. The number of rotatable bonds is 12. The van der Waals surface area contributed by atoms with E-state index in [4.69, 9.17) is 14.2 Å². The van der Waals surface area contributed by atoms with Crippen LogP contribution in [-0.2, 0) is 28.0 Å². The quantitative estimate of drug-likeness (QED) is 0.405. The summed E-state index contributed by atoms with van der Waals surface area (Å²) in [5.41, 5.74) is 1.84. The SMILES string of the molecule is COc1ccc(S(=O)(=O)NCCC(=O)NCc2ccnc(OCc3ccccc3)c2)cc1OC. The van der Waals surface area contributed by atoms with Gasteiger partial charge in [-0.1, -0.05) is 30.3 Å². The van der Waals surface area contributed by atoms with Crippen LogP contribution in [-0.4, -0.2) is 40.1 Å². The summed E-state index contributed by atoms with van der Waals surface area (Å²) in [5.74, 6) is 0.884. The zero-order valence-electron chi connectivity index (χ0n) is 19.0. The number of benzene rings is 2. The molecule has 0 bridgehead atoms. The lowest BCUT2D eigenvalue weighted by atomic mass is 10.2. The standard InChI is InChI=1S/C24H27N3O6S/c1-31-21-9-8-20(15-22(21)32-2)34(29,30)27-13-11-23(28)26-16-19-10-12-25-24(14-19)33-17-18-6-4-3-5-7-18/h3-10,12,14-15,27H,11,13,16-17H2,1-2H3,(H,26,28). The summed E-state index contributed by atoms with van der Waals surface area (Å²) in [6, 6.07) is 17.5. The first-order valence-corrected chi connectivity index (χ1v) is 12.0. The van der Waals surface area contributed by atoms with E-state index in [-0.39, 0.29) is 30.3 Å². The molecular weight excluding hydrogens is 458 g/mol. The second-order valence-electron chi connectivity index (χ2n) is 7.22. The van der Waals surface area contributed by atoms with Gasteiger partial charge in [0.15, 0.2) is 11.5 Å². The third kappa shape index (κ3) is 7.19. The summed E-state index contributed by atoms with van der Waals surface area (Å²) < 4.78 is 43.4. The van der Waals surface area contributed by atoms with Crippen LogP contribution in [0.3, 0.4) is 0 Å². The minimum atomic E-state index is -3.81. The molecule has 10 heteroatoms. The Bertz CT molecular complexity index is 1200. The number of carbonyl (C=O) groups excluding carboxylic acids is 1. The van der Waals surface area contributed by atoms with Gasteiger partial charge in [0.1, 0.15) is 6.61 Å². The van der Waals surface area contributed by atoms with E-state index in [1.807, 2.05) is 30.3 Å². The van der Waals surface area contributed by atoms with E-state index < -0.39 is 10.0 Å². The Labute approximate surface area is 199 Å². The second kappa shape index (κ2) is 12.0. The summed E-state index contributed by atoms with van der Waals surface area (Å²) >= 11 is 0. The topological polar surface area (TPSA) is 116 Å². The van der Waals surface area contributed by atoms with Crippen LogP contribution in [0.4, 0.5) is 0 Å². The van der Waals surface area contributed by atoms with Crippen molar-refractivity contribution in [2.24, 2.45) is 0 Å². The van der Waals surface area contributed by atoms with Gasteiger partial charge < -0.3 is 19.5 Å². The largest absolute Gasteiger partial charge is 0.493 e. The molecule has 0 saturated carbocycles. The van der Waals surface area contributed by atoms with Crippen LogP contribution in [0.15, 0.2) is 71.8 Å². The fourth-order valence-corrected chi connectivity index (χ4v) is 4.07. The fourth-order valence-electron chi connectivity index (χ4n) is 3.03. The highest BCUT2D eigenvalue weighted by atomic mass is 32.2. The lowest BCUT2D eigenvalue weighted by Crippen LogP contribution is -2.30. The first-order valence-electron chi connectivity index (χ1n) is 10.5. The van der Waals surface area contributed by atoms with Gasteiger partial charge >= 0.3 is 0 Å². The predicted octanol–water partition coefficient (Wildman–Crippen LogP) is 2.66. The van der Waals surface area contributed by atoms with Crippen molar-refractivity contribution in [3.63, 3.8) is 0 Å². The zero-order chi connectivity index (χ0) is 24.4. The molecule has 0 aliphatic heterocycles. The van der Waals surface area contributed by atoms with Crippen LogP contribution in [0, 0.1) is 0 Å². The van der Waals surface area contributed by atoms with Crippen LogP contribution in [0.2, 0.25) is 0 Å². The van der Waals surface area contributed by atoms with Crippen molar-refractivity contribution in [2.45, 2.75) is 24.5 Å². The average Bonchev–Trinajstić information content (AvgIpc) is 2.86. The smallest absolute Gasteiger partial charge is 0.240 e. The van der Waals surface area contributed by atoms with Crippen molar-refractivity contribution < 1.29 is 27.4 Å². The summed E-state index contributed by atoms with van der Waals surface area (Å²) in [4.78, 5) is 16.4. The van der Waals surface area contributed by atoms with E-state index in [1.165, 1.54) is 32.4 Å². The van der Waals surface area contributed by atoms with Gasteiger partial charge in [-0.15, -0.1) is 0 Å². The molecule has 0 spiro atoms. The first kappa shape index (κ1) is 25.0. The number of ether oxygens (including phenoxy) is 3. The number of amides is 1. The molecule has 1 aromatic heterocycles. The van der Waals surface area contributed by atoms with Gasteiger partial charge in [0, 0.05) is 37.8 Å². The Kier molecular flexibility index (Phi) is 8.83. The van der Waals surface area contributed by atoms with Crippen LogP contribution in [0.1, 0.15) is 17.5 Å². The molecule has 1 amide bonds. The molecule has 9 nitrogen and oxygen atoms in total. The molecule has 34 heavy (non-hydrogen) atoms. The highest BCUT2D eigenvalue weighted by Crippen LogP contribution is 2.29. The predicted molar refractivity (Wildman–Crippen MR) is 126 cm³/mol. The van der Waals surface area contributed by atoms with E-state index in [2.05, 4.69) is 15.0 Å². The number of nitrogens with one attached hydrogen (secondary N) is 2. The molecule has 0 saturated heterocycles. The summed E-state index contributed by atoms with van der Waals surface area (Å²) in [7, 11) is -0.916. The van der Waals surface area contributed by atoms with E-state index in [9.17, 15) is 13.2 Å². The molecule has 3 aromatic rings. The Morgan fingerprint density at radius 3 is 2.44 bits per heavy atom. The van der Waals surface area contributed by atoms with Gasteiger partial charge in [-0.2, -0.15) is 0 Å². The Morgan fingerprint density at radius 2 is 1.71 bits per heavy atom. The maximum atomic E-state index is 12.5. The minimum absolute atomic E-state index is 0.0189. The molecular formula is C24H27N3O6S.